The molecule has 0 fully saturated rings. The van der Waals surface area contributed by atoms with Gasteiger partial charge in [0.15, 0.2) is 0 Å². The summed E-state index contributed by atoms with van der Waals surface area (Å²) in [6.07, 6.45) is 2.50. The number of aliphatic hydroxyl groups is 1. The van der Waals surface area contributed by atoms with Crippen LogP contribution >= 0.6 is 0 Å². The van der Waals surface area contributed by atoms with Gasteiger partial charge in [0.1, 0.15) is 5.82 Å². The van der Waals surface area contributed by atoms with Gasteiger partial charge < -0.3 is 5.11 Å². The monoisotopic (exact) mass is 180 g/mol. The van der Waals surface area contributed by atoms with E-state index in [2.05, 4.69) is 0 Å². The molecule has 2 heteroatoms. The van der Waals surface area contributed by atoms with Gasteiger partial charge >= 0.3 is 0 Å². The van der Waals surface area contributed by atoms with Crippen LogP contribution in [0.5, 0.6) is 0 Å². The first kappa shape index (κ1) is 9.93. The fraction of sp³-hybridized carbons (Fsp3) is 0.273. The summed E-state index contributed by atoms with van der Waals surface area (Å²) in [5.74, 6) is -0.241. The molecule has 0 saturated carbocycles. The molecule has 0 heterocycles. The molecular formula is C11H13FO. The highest BCUT2D eigenvalue weighted by Gasteiger charge is 1.99. The van der Waals surface area contributed by atoms with E-state index in [0.717, 1.165) is 17.6 Å². The number of hydrogen-bond donors (Lipinski definition) is 1. The summed E-state index contributed by atoms with van der Waals surface area (Å²) in [6, 6.07) is 6.40. The van der Waals surface area contributed by atoms with Gasteiger partial charge in [-0.3, -0.25) is 0 Å². The van der Waals surface area contributed by atoms with Crippen molar-refractivity contribution in [1.82, 2.24) is 0 Å². The molecule has 13 heavy (non-hydrogen) atoms. The van der Waals surface area contributed by atoms with Crippen LogP contribution < -0.4 is 0 Å². The molecule has 1 aromatic carbocycles. The molecule has 0 spiro atoms. The quantitative estimate of drug-likeness (QED) is 0.758. The van der Waals surface area contributed by atoms with Crippen LogP contribution in [0.4, 0.5) is 4.39 Å². The van der Waals surface area contributed by atoms with Crippen molar-refractivity contribution in [2.45, 2.75) is 13.3 Å². The van der Waals surface area contributed by atoms with Crippen molar-refractivity contribution in [3.63, 3.8) is 0 Å². The van der Waals surface area contributed by atoms with E-state index in [4.69, 9.17) is 5.11 Å². The molecule has 0 aromatic heterocycles. The van der Waals surface area contributed by atoms with Crippen LogP contribution in [0, 0.1) is 5.82 Å². The Hall–Kier alpha value is -1.15. The Kier molecular flexibility index (Phi) is 3.65. The summed E-state index contributed by atoms with van der Waals surface area (Å²) in [4.78, 5) is 0. The van der Waals surface area contributed by atoms with Gasteiger partial charge in [0.05, 0.1) is 6.61 Å². The van der Waals surface area contributed by atoms with Crippen molar-refractivity contribution in [3.05, 3.63) is 41.7 Å². The molecule has 1 nitrogen and oxygen atoms in total. The zero-order valence-electron chi connectivity index (χ0n) is 7.63. The highest BCUT2D eigenvalue weighted by Crippen LogP contribution is 2.18. The maximum absolute atomic E-state index is 12.8. The summed E-state index contributed by atoms with van der Waals surface area (Å²) in [6.45, 7) is 1.98. The second kappa shape index (κ2) is 4.77. The minimum absolute atomic E-state index is 0.000311. The van der Waals surface area contributed by atoms with Crippen LogP contribution in [0.3, 0.4) is 0 Å². The van der Waals surface area contributed by atoms with Gasteiger partial charge in [-0.2, -0.15) is 0 Å². The molecule has 1 rings (SSSR count). The molecule has 0 aliphatic rings. The molecule has 0 radical (unpaired) electrons. The minimum Gasteiger partial charge on any atom is -0.392 e. The van der Waals surface area contributed by atoms with Crippen molar-refractivity contribution in [2.24, 2.45) is 0 Å². The first-order valence-electron chi connectivity index (χ1n) is 4.33. The molecule has 0 saturated heterocycles. The zero-order valence-corrected chi connectivity index (χ0v) is 7.63. The highest BCUT2D eigenvalue weighted by atomic mass is 19.1. The molecule has 70 valence electrons. The third-order valence-corrected chi connectivity index (χ3v) is 1.91. The van der Waals surface area contributed by atoms with Gasteiger partial charge in [-0.25, -0.2) is 4.39 Å². The lowest BCUT2D eigenvalue weighted by Gasteiger charge is -2.03. The van der Waals surface area contributed by atoms with E-state index < -0.39 is 0 Å². The number of aliphatic hydroxyl groups excluding tert-OH is 1. The van der Waals surface area contributed by atoms with E-state index in [-0.39, 0.29) is 12.4 Å². The maximum atomic E-state index is 12.8. The van der Waals surface area contributed by atoms with Crippen molar-refractivity contribution < 1.29 is 9.50 Å². The first-order valence-corrected chi connectivity index (χ1v) is 4.33. The minimum atomic E-state index is -0.241. The van der Waals surface area contributed by atoms with Crippen molar-refractivity contribution in [2.75, 3.05) is 6.61 Å². The average molecular weight is 180 g/mol. The van der Waals surface area contributed by atoms with Gasteiger partial charge in [-0.15, -0.1) is 0 Å². The Morgan fingerprint density at radius 1 is 1.54 bits per heavy atom. The Labute approximate surface area is 77.5 Å². The van der Waals surface area contributed by atoms with Gasteiger partial charge in [0.2, 0.25) is 0 Å². The number of rotatable bonds is 3. The van der Waals surface area contributed by atoms with Crippen molar-refractivity contribution >= 4 is 5.57 Å². The van der Waals surface area contributed by atoms with E-state index in [1.807, 2.05) is 13.0 Å². The van der Waals surface area contributed by atoms with Crippen LogP contribution in [-0.4, -0.2) is 11.7 Å². The van der Waals surface area contributed by atoms with Crippen LogP contribution in [0.25, 0.3) is 5.57 Å². The Morgan fingerprint density at radius 2 is 2.31 bits per heavy atom. The van der Waals surface area contributed by atoms with Crippen LogP contribution in [0.15, 0.2) is 30.3 Å². The molecule has 0 aliphatic carbocycles. The molecule has 0 aliphatic heterocycles. The Balaban J connectivity index is 2.98. The predicted octanol–water partition coefficient (Wildman–Crippen LogP) is 2.61. The molecule has 0 atom stereocenters. The fourth-order valence-electron chi connectivity index (χ4n) is 1.26. The van der Waals surface area contributed by atoms with Crippen molar-refractivity contribution in [1.29, 1.82) is 0 Å². The second-order valence-corrected chi connectivity index (χ2v) is 2.78. The smallest absolute Gasteiger partial charge is 0.123 e. The third-order valence-electron chi connectivity index (χ3n) is 1.91. The standard InChI is InChI=1S/C11H13FO/c1-2-9(6-7-13)10-4-3-5-11(12)8-10/h3-6,8,13H,2,7H2,1H3/b9-6-. The number of hydrogen-bond acceptors (Lipinski definition) is 1. The summed E-state index contributed by atoms with van der Waals surface area (Å²) in [5, 5.41) is 8.73. The van der Waals surface area contributed by atoms with Gasteiger partial charge in [0, 0.05) is 0 Å². The summed E-state index contributed by atoms with van der Waals surface area (Å²) in [7, 11) is 0. The largest absolute Gasteiger partial charge is 0.392 e. The van der Waals surface area contributed by atoms with E-state index in [1.165, 1.54) is 12.1 Å². The van der Waals surface area contributed by atoms with Gasteiger partial charge in [-0.05, 0) is 29.7 Å². The molecule has 0 unspecified atom stereocenters. The lowest BCUT2D eigenvalue weighted by Crippen LogP contribution is -1.86. The number of allylic oxidation sites excluding steroid dienone is 1. The Bertz CT molecular complexity index is 305. The fourth-order valence-corrected chi connectivity index (χ4v) is 1.26. The third kappa shape index (κ3) is 2.67. The van der Waals surface area contributed by atoms with E-state index >= 15 is 0 Å². The normalized spacial score (nSPS) is 11.8. The first-order chi connectivity index (χ1) is 6.27. The molecule has 1 N–H and O–H groups in total. The van der Waals surface area contributed by atoms with Gasteiger partial charge in [-0.1, -0.05) is 25.1 Å². The lowest BCUT2D eigenvalue weighted by molar-refractivity contribution is 0.343. The maximum Gasteiger partial charge on any atom is 0.123 e. The topological polar surface area (TPSA) is 20.2 Å². The summed E-state index contributed by atoms with van der Waals surface area (Å²) >= 11 is 0. The Morgan fingerprint density at radius 3 is 2.85 bits per heavy atom. The van der Waals surface area contributed by atoms with E-state index in [1.54, 1.807) is 12.1 Å². The highest BCUT2D eigenvalue weighted by molar-refractivity contribution is 5.65. The van der Waals surface area contributed by atoms with E-state index in [9.17, 15) is 4.39 Å². The predicted molar refractivity (Wildman–Crippen MR) is 51.8 cm³/mol. The number of benzene rings is 1. The molecule has 0 bridgehead atoms. The van der Waals surface area contributed by atoms with Crippen LogP contribution in [-0.2, 0) is 0 Å². The summed E-state index contributed by atoms with van der Waals surface area (Å²) < 4.78 is 12.8. The molecular weight excluding hydrogens is 167 g/mol. The molecule has 1 aromatic rings. The second-order valence-electron chi connectivity index (χ2n) is 2.78. The average Bonchev–Trinajstić information content (AvgIpc) is 2.14. The zero-order chi connectivity index (χ0) is 9.68. The summed E-state index contributed by atoms with van der Waals surface area (Å²) in [5.41, 5.74) is 1.82. The number of halogens is 1. The molecule has 0 amide bonds. The van der Waals surface area contributed by atoms with Crippen LogP contribution in [0.1, 0.15) is 18.9 Å². The van der Waals surface area contributed by atoms with Gasteiger partial charge in [0.25, 0.3) is 0 Å². The van der Waals surface area contributed by atoms with E-state index in [0.29, 0.717) is 0 Å². The lowest BCUT2D eigenvalue weighted by atomic mass is 10.0. The SMILES string of the molecule is CC/C(=C/CO)c1cccc(F)c1. The van der Waals surface area contributed by atoms with Crippen molar-refractivity contribution in [3.8, 4) is 0 Å². The van der Waals surface area contributed by atoms with Crippen LogP contribution in [0.2, 0.25) is 0 Å².